The highest BCUT2D eigenvalue weighted by Gasteiger charge is 2.38. The molecule has 2 aromatic heterocycles. The van der Waals surface area contributed by atoms with Crippen molar-refractivity contribution in [1.82, 2.24) is 9.88 Å². The van der Waals surface area contributed by atoms with Gasteiger partial charge in [0.25, 0.3) is 5.91 Å². The van der Waals surface area contributed by atoms with Gasteiger partial charge in [-0.1, -0.05) is 24.3 Å². The molecule has 6 nitrogen and oxygen atoms in total. The smallest absolute Gasteiger partial charge is 0.330 e. The number of carbonyl (C=O) groups is 2. The maximum atomic E-state index is 13.1. The van der Waals surface area contributed by atoms with E-state index in [0.29, 0.717) is 30.9 Å². The van der Waals surface area contributed by atoms with Crippen LogP contribution in [0.1, 0.15) is 41.2 Å². The van der Waals surface area contributed by atoms with Crippen molar-refractivity contribution in [2.45, 2.75) is 25.9 Å². The number of benzene rings is 1. The van der Waals surface area contributed by atoms with Gasteiger partial charge in [-0.05, 0) is 37.6 Å². The number of pyridine rings is 1. The third-order valence-electron chi connectivity index (χ3n) is 4.74. The summed E-state index contributed by atoms with van der Waals surface area (Å²) in [5, 5.41) is 0.926. The van der Waals surface area contributed by atoms with Crippen LogP contribution >= 0.6 is 0 Å². The highest BCUT2D eigenvalue weighted by molar-refractivity contribution is 6.01. The van der Waals surface area contributed by atoms with Crippen LogP contribution in [0.2, 0.25) is 0 Å². The molecule has 6 heteroatoms. The van der Waals surface area contributed by atoms with E-state index in [-0.39, 0.29) is 11.9 Å². The van der Waals surface area contributed by atoms with E-state index < -0.39 is 5.97 Å². The average molecular weight is 376 g/mol. The van der Waals surface area contributed by atoms with Gasteiger partial charge in [0.1, 0.15) is 5.76 Å². The SMILES string of the molecule is CCOC(=O)/C=C/CC1c2nc3ccccc3cc2C(=O)N1Cc1ccco1. The molecule has 3 aromatic rings. The molecule has 1 atom stereocenters. The van der Waals surface area contributed by atoms with Crippen LogP contribution in [0.3, 0.4) is 0 Å². The Morgan fingerprint density at radius 3 is 2.93 bits per heavy atom. The zero-order chi connectivity index (χ0) is 19.5. The second kappa shape index (κ2) is 7.68. The van der Waals surface area contributed by atoms with Crippen LogP contribution in [0.4, 0.5) is 0 Å². The quantitative estimate of drug-likeness (QED) is 0.480. The van der Waals surface area contributed by atoms with E-state index in [0.717, 1.165) is 16.6 Å². The number of nitrogens with zero attached hydrogens (tertiary/aromatic N) is 2. The van der Waals surface area contributed by atoms with Crippen molar-refractivity contribution < 1.29 is 18.7 Å². The van der Waals surface area contributed by atoms with E-state index >= 15 is 0 Å². The van der Waals surface area contributed by atoms with E-state index in [1.54, 1.807) is 30.2 Å². The molecule has 0 N–H and O–H groups in total. The number of fused-ring (bicyclic) bond motifs is 2. The number of rotatable bonds is 6. The molecule has 0 spiro atoms. The standard InChI is InChI=1S/C22H20N2O4/c1-2-27-20(25)11-5-10-19-21-17(13-15-7-3-4-9-18(15)23-21)22(26)24(19)14-16-8-6-12-28-16/h3-9,11-13,19H,2,10,14H2,1H3/b11-5+. The number of para-hydroxylation sites is 1. The lowest BCUT2D eigenvalue weighted by molar-refractivity contribution is -0.137. The van der Waals surface area contributed by atoms with E-state index in [1.807, 2.05) is 36.4 Å². The molecular formula is C22H20N2O4. The van der Waals surface area contributed by atoms with Gasteiger partial charge in [-0.15, -0.1) is 0 Å². The molecule has 1 unspecified atom stereocenters. The van der Waals surface area contributed by atoms with Crippen molar-refractivity contribution in [2.75, 3.05) is 6.61 Å². The number of aromatic nitrogens is 1. The largest absolute Gasteiger partial charge is 0.467 e. The maximum absolute atomic E-state index is 13.1. The van der Waals surface area contributed by atoms with Crippen molar-refractivity contribution in [3.8, 4) is 0 Å². The maximum Gasteiger partial charge on any atom is 0.330 e. The highest BCUT2D eigenvalue weighted by Crippen LogP contribution is 2.37. The zero-order valence-corrected chi connectivity index (χ0v) is 15.5. The minimum Gasteiger partial charge on any atom is -0.467 e. The third kappa shape index (κ3) is 3.41. The Bertz CT molecular complexity index is 1040. The summed E-state index contributed by atoms with van der Waals surface area (Å²) in [6.07, 6.45) is 5.18. The summed E-state index contributed by atoms with van der Waals surface area (Å²) in [5.41, 5.74) is 2.16. The number of amides is 1. The number of furan rings is 1. The van der Waals surface area contributed by atoms with Crippen LogP contribution in [0, 0.1) is 0 Å². The topological polar surface area (TPSA) is 72.6 Å². The number of hydrogen-bond acceptors (Lipinski definition) is 5. The number of carbonyl (C=O) groups excluding carboxylic acids is 2. The van der Waals surface area contributed by atoms with Gasteiger partial charge in [0.2, 0.25) is 0 Å². The van der Waals surface area contributed by atoms with Crippen LogP contribution in [0.15, 0.2) is 65.3 Å². The summed E-state index contributed by atoms with van der Waals surface area (Å²) < 4.78 is 10.4. The number of hydrogen-bond donors (Lipinski definition) is 0. The molecule has 1 amide bonds. The van der Waals surface area contributed by atoms with Crippen LogP contribution in [-0.2, 0) is 16.1 Å². The molecule has 0 saturated heterocycles. The normalized spacial score (nSPS) is 16.1. The molecule has 0 aliphatic carbocycles. The van der Waals surface area contributed by atoms with Gasteiger partial charge < -0.3 is 14.1 Å². The summed E-state index contributed by atoms with van der Waals surface area (Å²) in [6.45, 7) is 2.43. The molecule has 1 aliphatic heterocycles. The lowest BCUT2D eigenvalue weighted by Crippen LogP contribution is -2.27. The average Bonchev–Trinajstić information content (AvgIpc) is 3.29. The van der Waals surface area contributed by atoms with Crippen molar-refractivity contribution in [1.29, 1.82) is 0 Å². The molecule has 28 heavy (non-hydrogen) atoms. The van der Waals surface area contributed by atoms with Gasteiger partial charge in [-0.25, -0.2) is 9.78 Å². The summed E-state index contributed by atoms with van der Waals surface area (Å²) >= 11 is 0. The van der Waals surface area contributed by atoms with Gasteiger partial charge in [0.05, 0.1) is 42.2 Å². The molecule has 3 heterocycles. The predicted molar refractivity (Wildman–Crippen MR) is 103 cm³/mol. The highest BCUT2D eigenvalue weighted by atomic mass is 16.5. The second-order valence-corrected chi connectivity index (χ2v) is 6.53. The summed E-state index contributed by atoms with van der Waals surface area (Å²) in [7, 11) is 0. The van der Waals surface area contributed by atoms with Crippen LogP contribution in [0.5, 0.6) is 0 Å². The van der Waals surface area contributed by atoms with E-state index in [2.05, 4.69) is 0 Å². The fourth-order valence-electron chi connectivity index (χ4n) is 3.47. The molecule has 1 aliphatic rings. The van der Waals surface area contributed by atoms with Crippen LogP contribution in [-0.4, -0.2) is 28.4 Å². The molecule has 0 saturated carbocycles. The van der Waals surface area contributed by atoms with Gasteiger partial charge >= 0.3 is 5.97 Å². The Labute approximate surface area is 162 Å². The number of ether oxygens (including phenoxy) is 1. The van der Waals surface area contributed by atoms with Gasteiger partial charge in [0, 0.05) is 11.5 Å². The molecule has 4 rings (SSSR count). The first-order valence-corrected chi connectivity index (χ1v) is 9.23. The van der Waals surface area contributed by atoms with Crippen molar-refractivity contribution in [3.63, 3.8) is 0 Å². The van der Waals surface area contributed by atoms with Gasteiger partial charge in [0.15, 0.2) is 0 Å². The first kappa shape index (κ1) is 18.0. The molecule has 142 valence electrons. The Kier molecular flexibility index (Phi) is 4.93. The number of esters is 1. The van der Waals surface area contributed by atoms with Crippen molar-refractivity contribution in [2.24, 2.45) is 0 Å². The lowest BCUT2D eigenvalue weighted by atomic mass is 10.1. The summed E-state index contributed by atoms with van der Waals surface area (Å²) in [5.74, 6) is 0.223. The van der Waals surface area contributed by atoms with E-state index in [4.69, 9.17) is 14.1 Å². The monoisotopic (exact) mass is 376 g/mol. The fraction of sp³-hybridized carbons (Fsp3) is 0.227. The molecular weight excluding hydrogens is 356 g/mol. The van der Waals surface area contributed by atoms with Crippen LogP contribution < -0.4 is 0 Å². The van der Waals surface area contributed by atoms with Gasteiger partial charge in [-0.3, -0.25) is 4.79 Å². The Balaban J connectivity index is 1.69. The molecule has 1 aromatic carbocycles. The minimum absolute atomic E-state index is 0.0841. The van der Waals surface area contributed by atoms with E-state index in [9.17, 15) is 9.59 Å². The Morgan fingerprint density at radius 2 is 2.14 bits per heavy atom. The minimum atomic E-state index is -0.392. The predicted octanol–water partition coefficient (Wildman–Crippen LogP) is 4.03. The molecule has 0 radical (unpaired) electrons. The second-order valence-electron chi connectivity index (χ2n) is 6.53. The van der Waals surface area contributed by atoms with Gasteiger partial charge in [-0.2, -0.15) is 0 Å². The lowest BCUT2D eigenvalue weighted by Gasteiger charge is -2.22. The van der Waals surface area contributed by atoms with E-state index in [1.165, 1.54) is 6.08 Å². The van der Waals surface area contributed by atoms with Crippen molar-refractivity contribution >= 4 is 22.8 Å². The first-order chi connectivity index (χ1) is 13.7. The Morgan fingerprint density at radius 1 is 1.29 bits per heavy atom. The fourth-order valence-corrected chi connectivity index (χ4v) is 3.47. The van der Waals surface area contributed by atoms with Crippen molar-refractivity contribution in [3.05, 3.63) is 77.9 Å². The Hall–Kier alpha value is -3.41. The summed E-state index contributed by atoms with van der Waals surface area (Å²) in [6, 6.07) is 13.0. The van der Waals surface area contributed by atoms with Crippen LogP contribution in [0.25, 0.3) is 10.9 Å². The summed E-state index contributed by atoms with van der Waals surface area (Å²) in [4.78, 5) is 31.2. The molecule has 0 fully saturated rings. The zero-order valence-electron chi connectivity index (χ0n) is 15.5. The third-order valence-corrected chi connectivity index (χ3v) is 4.74. The first-order valence-electron chi connectivity index (χ1n) is 9.23. The molecule has 0 bridgehead atoms.